The topological polar surface area (TPSA) is 89.5 Å². The Balaban J connectivity index is 1.49. The predicted octanol–water partition coefficient (Wildman–Crippen LogP) is 11.9. The largest absolute Gasteiger partial charge is 0.497 e. The molecule has 1 heterocycles. The molecule has 0 fully saturated rings. The molecule has 0 spiro atoms. The first-order chi connectivity index (χ1) is 25.6. The Morgan fingerprint density at radius 1 is 0.741 bits per heavy atom. The van der Waals surface area contributed by atoms with E-state index in [0.29, 0.717) is 61.9 Å². The summed E-state index contributed by atoms with van der Waals surface area (Å²) in [6.45, 7) is 16.9. The Kier molecular flexibility index (Phi) is 9.30. The van der Waals surface area contributed by atoms with Crippen molar-refractivity contribution in [1.29, 1.82) is 0 Å². The van der Waals surface area contributed by atoms with Crippen molar-refractivity contribution in [1.82, 2.24) is 4.98 Å². The third-order valence-corrected chi connectivity index (χ3v) is 10.1. The highest BCUT2D eigenvalue weighted by molar-refractivity contribution is 6.29. The molecule has 54 heavy (non-hydrogen) atoms. The lowest BCUT2D eigenvalue weighted by molar-refractivity contribution is -0.114. The Bertz CT molecular complexity index is 2440. The second-order valence-electron chi connectivity index (χ2n) is 16.2. The third kappa shape index (κ3) is 6.94. The van der Waals surface area contributed by atoms with E-state index in [9.17, 15) is 9.59 Å². The number of hydrogen-bond acceptors (Lipinski definition) is 6. The molecule has 7 rings (SSSR count). The number of aryl methyl sites for hydroxylation is 2. The van der Waals surface area contributed by atoms with Gasteiger partial charge in [0.05, 0.1) is 29.7 Å². The van der Waals surface area contributed by atoms with Crippen LogP contribution >= 0.6 is 0 Å². The molecule has 6 aromatic rings. The third-order valence-electron chi connectivity index (χ3n) is 10.1. The highest BCUT2D eigenvalue weighted by Crippen LogP contribution is 2.49. The minimum atomic E-state index is -0.217. The lowest BCUT2D eigenvalue weighted by Gasteiger charge is -2.33. The molecule has 274 valence electrons. The van der Waals surface area contributed by atoms with E-state index in [1.165, 1.54) is 12.5 Å². The molecule has 1 amide bonds. The van der Waals surface area contributed by atoms with E-state index in [-0.39, 0.29) is 22.5 Å². The number of para-hydroxylation sites is 1. The van der Waals surface area contributed by atoms with Gasteiger partial charge in [0.1, 0.15) is 17.0 Å². The zero-order valence-electron chi connectivity index (χ0n) is 32.5. The van der Waals surface area contributed by atoms with Crippen LogP contribution in [0.15, 0.2) is 97.1 Å². The number of aromatic nitrogens is 1. The summed E-state index contributed by atoms with van der Waals surface area (Å²) < 4.78 is 12.3. The second-order valence-corrected chi connectivity index (χ2v) is 16.2. The number of carbonyl (C=O) groups excluding carboxylic acids is 2. The lowest BCUT2D eigenvalue weighted by Crippen LogP contribution is -2.24. The molecule has 2 N–H and O–H groups in total. The normalized spacial score (nSPS) is 12.4. The van der Waals surface area contributed by atoms with Gasteiger partial charge in [0, 0.05) is 41.3 Å². The van der Waals surface area contributed by atoms with Gasteiger partial charge in [-0.25, -0.2) is 4.98 Å². The minimum Gasteiger partial charge on any atom is -0.497 e. The van der Waals surface area contributed by atoms with Crippen molar-refractivity contribution in [2.75, 3.05) is 17.7 Å². The van der Waals surface area contributed by atoms with E-state index in [1.807, 2.05) is 66.7 Å². The van der Waals surface area contributed by atoms with Crippen LogP contribution in [0.4, 0.5) is 17.1 Å². The fraction of sp³-hybridized carbons (Fsp3) is 0.255. The van der Waals surface area contributed by atoms with Crippen molar-refractivity contribution in [3.63, 3.8) is 0 Å². The quantitative estimate of drug-likeness (QED) is 0.154. The van der Waals surface area contributed by atoms with Gasteiger partial charge in [0.2, 0.25) is 5.91 Å². The molecular weight excluding hydrogens is 671 g/mol. The summed E-state index contributed by atoms with van der Waals surface area (Å²) in [6, 6.07) is 31.5. The van der Waals surface area contributed by atoms with Crippen LogP contribution in [0.1, 0.15) is 80.6 Å². The van der Waals surface area contributed by atoms with Gasteiger partial charge in [-0.05, 0) is 89.2 Å². The van der Waals surface area contributed by atoms with E-state index in [0.717, 1.165) is 34.4 Å². The van der Waals surface area contributed by atoms with Crippen molar-refractivity contribution in [2.24, 2.45) is 5.41 Å². The number of nitrogens with zero attached hydrogens (tertiary/aromatic N) is 1. The van der Waals surface area contributed by atoms with Crippen molar-refractivity contribution in [2.45, 2.75) is 67.2 Å². The van der Waals surface area contributed by atoms with Crippen LogP contribution in [0.2, 0.25) is 0 Å². The molecule has 0 saturated carbocycles. The molecule has 5 aromatic carbocycles. The smallest absolute Gasteiger partial charge is 0.221 e. The molecule has 7 heteroatoms. The van der Waals surface area contributed by atoms with Crippen molar-refractivity contribution in [3.8, 4) is 39.6 Å². The van der Waals surface area contributed by atoms with Gasteiger partial charge in [-0.1, -0.05) is 89.2 Å². The maximum Gasteiger partial charge on any atom is 0.221 e. The summed E-state index contributed by atoms with van der Waals surface area (Å²) in [7, 11) is 1.59. The van der Waals surface area contributed by atoms with Gasteiger partial charge in [-0.2, -0.15) is 0 Å². The van der Waals surface area contributed by atoms with Crippen molar-refractivity contribution < 1.29 is 19.1 Å². The van der Waals surface area contributed by atoms with Crippen LogP contribution in [-0.2, 0) is 10.2 Å². The fourth-order valence-corrected chi connectivity index (χ4v) is 8.04. The van der Waals surface area contributed by atoms with Crippen LogP contribution in [-0.4, -0.2) is 23.8 Å². The van der Waals surface area contributed by atoms with E-state index in [4.69, 9.17) is 14.5 Å². The Labute approximate surface area is 317 Å². The summed E-state index contributed by atoms with van der Waals surface area (Å²) in [5.41, 5.74) is 10.2. The van der Waals surface area contributed by atoms with Crippen molar-refractivity contribution in [3.05, 3.63) is 125 Å². The van der Waals surface area contributed by atoms with E-state index < -0.39 is 0 Å². The lowest BCUT2D eigenvalue weighted by atomic mass is 9.72. The van der Waals surface area contributed by atoms with Gasteiger partial charge < -0.3 is 20.1 Å². The van der Waals surface area contributed by atoms with Crippen LogP contribution in [0.3, 0.4) is 0 Å². The van der Waals surface area contributed by atoms with Gasteiger partial charge in [-0.3, -0.25) is 9.59 Å². The highest BCUT2D eigenvalue weighted by Gasteiger charge is 2.32. The summed E-state index contributed by atoms with van der Waals surface area (Å²) in [5.74, 6) is 1.44. The SMILES string of the molecule is COc1ccc(-c2cc3c4c(c(Nc5c(C)cccc5C)cc(Oc5ccc(C(C)(C)CC(C)(C)C)cc5)c4n2)C(=O)c2ccccc2-3)c(NC(C)=O)c1. The number of fused-ring (bicyclic) bond motifs is 2. The number of rotatable bonds is 9. The number of carbonyl (C=O) groups is 2. The van der Waals surface area contributed by atoms with Crippen LogP contribution < -0.4 is 20.1 Å². The van der Waals surface area contributed by atoms with Gasteiger partial charge in [-0.15, -0.1) is 0 Å². The molecule has 1 aliphatic carbocycles. The standard InChI is InChI=1S/C47H47N3O4/c1-27-13-12-14-28(2)43(27)50-39-25-40(54-31-19-17-30(18-20-31)47(7,8)26-46(4,5)6)44-41-36(33-15-10-11-16-34(33)45(52)42(39)41)24-38(49-44)35-22-21-32(53-9)23-37(35)48-29(3)51/h10-25,50H,26H2,1-9H3,(H,48,51). The minimum absolute atomic E-state index is 0.0340. The van der Waals surface area contributed by atoms with Crippen LogP contribution in [0.5, 0.6) is 17.2 Å². The van der Waals surface area contributed by atoms with Gasteiger partial charge >= 0.3 is 0 Å². The van der Waals surface area contributed by atoms with Crippen LogP contribution in [0.25, 0.3) is 33.3 Å². The van der Waals surface area contributed by atoms with E-state index in [2.05, 4.69) is 83.4 Å². The number of amides is 1. The summed E-state index contributed by atoms with van der Waals surface area (Å²) in [6.07, 6.45) is 1.02. The first-order valence-electron chi connectivity index (χ1n) is 18.4. The molecule has 0 aliphatic heterocycles. The molecule has 0 bridgehead atoms. The molecule has 1 aliphatic rings. The number of anilines is 3. The predicted molar refractivity (Wildman–Crippen MR) is 220 cm³/mol. The molecule has 0 unspecified atom stereocenters. The zero-order valence-corrected chi connectivity index (χ0v) is 32.5. The number of methoxy groups -OCH3 is 1. The fourth-order valence-electron chi connectivity index (χ4n) is 8.04. The highest BCUT2D eigenvalue weighted by atomic mass is 16.5. The summed E-state index contributed by atoms with van der Waals surface area (Å²) in [5, 5.41) is 7.31. The van der Waals surface area contributed by atoms with Crippen molar-refractivity contribution >= 4 is 39.7 Å². The van der Waals surface area contributed by atoms with E-state index >= 15 is 0 Å². The number of hydrogen-bond donors (Lipinski definition) is 2. The maximum absolute atomic E-state index is 14.6. The van der Waals surface area contributed by atoms with Gasteiger partial charge in [0.25, 0.3) is 0 Å². The first-order valence-corrected chi connectivity index (χ1v) is 18.4. The molecule has 0 saturated heterocycles. The monoisotopic (exact) mass is 717 g/mol. The number of benzene rings is 5. The molecular formula is C47H47N3O4. The second kappa shape index (κ2) is 13.8. The average Bonchev–Trinajstić information content (AvgIpc) is 3.11. The van der Waals surface area contributed by atoms with E-state index in [1.54, 1.807) is 13.2 Å². The van der Waals surface area contributed by atoms with Crippen LogP contribution in [0, 0.1) is 19.3 Å². The number of ketones is 1. The zero-order chi connectivity index (χ0) is 38.5. The number of ether oxygens (including phenoxy) is 2. The summed E-state index contributed by atoms with van der Waals surface area (Å²) in [4.78, 5) is 32.3. The molecule has 1 aromatic heterocycles. The maximum atomic E-state index is 14.6. The molecule has 0 atom stereocenters. The molecule has 7 nitrogen and oxygen atoms in total. The Morgan fingerprint density at radius 3 is 2.06 bits per heavy atom. The number of nitrogens with one attached hydrogen (secondary N) is 2. The summed E-state index contributed by atoms with van der Waals surface area (Å²) >= 11 is 0. The number of pyridine rings is 1. The van der Waals surface area contributed by atoms with Gasteiger partial charge in [0.15, 0.2) is 11.5 Å². The average molecular weight is 718 g/mol. The Hall–Kier alpha value is -5.95. The Morgan fingerprint density at radius 2 is 1.41 bits per heavy atom. The first kappa shape index (κ1) is 36.4. The molecule has 0 radical (unpaired) electrons.